The van der Waals surface area contributed by atoms with E-state index in [2.05, 4.69) is 15.3 Å². The highest BCUT2D eigenvalue weighted by atomic mass is 16.7. The second-order valence-electron chi connectivity index (χ2n) is 5.89. The third-order valence-electron chi connectivity index (χ3n) is 4.29. The highest BCUT2D eigenvalue weighted by Crippen LogP contribution is 2.35. The third-order valence-corrected chi connectivity index (χ3v) is 4.29. The van der Waals surface area contributed by atoms with Crippen molar-refractivity contribution in [1.29, 1.82) is 0 Å². The van der Waals surface area contributed by atoms with E-state index >= 15 is 0 Å². The average molecular weight is 343 g/mol. The molecule has 0 amide bonds. The Kier molecular flexibility index (Phi) is 3.96. The summed E-state index contributed by atoms with van der Waals surface area (Å²) in [5, 5.41) is 14.6. The zero-order valence-corrected chi connectivity index (χ0v) is 13.5. The number of benzene rings is 1. The van der Waals surface area contributed by atoms with Crippen LogP contribution < -0.4 is 19.7 Å². The fourth-order valence-corrected chi connectivity index (χ4v) is 3.06. The molecule has 25 heavy (non-hydrogen) atoms. The molecule has 2 aromatic rings. The molecule has 130 valence electrons. The van der Waals surface area contributed by atoms with Gasteiger partial charge in [0.1, 0.15) is 6.33 Å². The van der Waals surface area contributed by atoms with Crippen LogP contribution in [0.25, 0.3) is 0 Å². The number of hydrogen-bond acceptors (Lipinski definition) is 8. The van der Waals surface area contributed by atoms with Gasteiger partial charge in [-0.05, 0) is 30.5 Å². The molecule has 1 aromatic carbocycles. The molecule has 9 nitrogen and oxygen atoms in total. The van der Waals surface area contributed by atoms with Gasteiger partial charge < -0.3 is 19.7 Å². The van der Waals surface area contributed by atoms with Crippen molar-refractivity contribution in [2.75, 3.05) is 30.1 Å². The molecule has 0 radical (unpaired) electrons. The summed E-state index contributed by atoms with van der Waals surface area (Å²) in [6, 6.07) is 5.56. The van der Waals surface area contributed by atoms with Crippen molar-refractivity contribution in [1.82, 2.24) is 9.97 Å². The van der Waals surface area contributed by atoms with Crippen molar-refractivity contribution >= 4 is 17.3 Å². The second kappa shape index (κ2) is 6.42. The lowest BCUT2D eigenvalue weighted by molar-refractivity contribution is -0.383. The van der Waals surface area contributed by atoms with E-state index < -0.39 is 4.92 Å². The van der Waals surface area contributed by atoms with E-state index in [1.165, 1.54) is 6.33 Å². The van der Waals surface area contributed by atoms with Gasteiger partial charge in [-0.15, -0.1) is 0 Å². The van der Waals surface area contributed by atoms with E-state index in [0.29, 0.717) is 23.9 Å². The van der Waals surface area contributed by atoms with Crippen LogP contribution in [0.3, 0.4) is 0 Å². The number of aromatic nitrogens is 2. The van der Waals surface area contributed by atoms with Gasteiger partial charge in [-0.1, -0.05) is 6.07 Å². The third kappa shape index (κ3) is 3.00. The summed E-state index contributed by atoms with van der Waals surface area (Å²) in [7, 11) is 0. The maximum absolute atomic E-state index is 11.6. The molecule has 0 spiro atoms. The van der Waals surface area contributed by atoms with Crippen LogP contribution in [0.5, 0.6) is 11.5 Å². The Labute approximate surface area is 143 Å². The molecule has 2 aliphatic heterocycles. The highest BCUT2D eigenvalue weighted by Gasteiger charge is 2.28. The van der Waals surface area contributed by atoms with Gasteiger partial charge >= 0.3 is 5.69 Å². The fraction of sp³-hybridized carbons (Fsp3) is 0.375. The zero-order valence-electron chi connectivity index (χ0n) is 13.5. The summed E-state index contributed by atoms with van der Waals surface area (Å²) < 4.78 is 10.6. The predicted molar refractivity (Wildman–Crippen MR) is 90.0 cm³/mol. The van der Waals surface area contributed by atoms with E-state index in [0.717, 1.165) is 31.5 Å². The van der Waals surface area contributed by atoms with Crippen molar-refractivity contribution < 1.29 is 14.4 Å². The maximum atomic E-state index is 11.6. The Balaban J connectivity index is 1.57. The van der Waals surface area contributed by atoms with Gasteiger partial charge in [-0.2, -0.15) is 0 Å². The molecule has 1 fully saturated rings. The first-order chi connectivity index (χ1) is 12.2. The van der Waals surface area contributed by atoms with Gasteiger partial charge in [0.25, 0.3) is 0 Å². The minimum atomic E-state index is -0.421. The lowest BCUT2D eigenvalue weighted by Gasteiger charge is -2.17. The maximum Gasteiger partial charge on any atom is 0.353 e. The molecule has 0 saturated carbocycles. The van der Waals surface area contributed by atoms with Crippen molar-refractivity contribution in [3.63, 3.8) is 0 Å². The van der Waals surface area contributed by atoms with Crippen LogP contribution in [-0.2, 0) is 6.54 Å². The molecule has 1 N–H and O–H groups in total. The molecular weight excluding hydrogens is 326 g/mol. The fourth-order valence-electron chi connectivity index (χ4n) is 3.06. The largest absolute Gasteiger partial charge is 0.454 e. The van der Waals surface area contributed by atoms with E-state index in [1.807, 2.05) is 23.1 Å². The zero-order chi connectivity index (χ0) is 17.2. The first-order valence-corrected chi connectivity index (χ1v) is 8.09. The van der Waals surface area contributed by atoms with Crippen molar-refractivity contribution in [3.8, 4) is 11.5 Å². The molecule has 0 atom stereocenters. The lowest BCUT2D eigenvalue weighted by Crippen LogP contribution is -2.21. The Bertz CT molecular complexity index is 807. The topological polar surface area (TPSA) is 103 Å². The van der Waals surface area contributed by atoms with Gasteiger partial charge in [0, 0.05) is 19.6 Å². The SMILES string of the molecule is O=[N+]([O-])c1c(NCc2ccc3c(c2)OCO3)ncnc1N1CCCC1. The number of nitro groups is 1. The first kappa shape index (κ1) is 15.4. The summed E-state index contributed by atoms with van der Waals surface area (Å²) >= 11 is 0. The number of nitrogens with one attached hydrogen (secondary N) is 1. The molecule has 2 aliphatic rings. The van der Waals surface area contributed by atoms with E-state index in [9.17, 15) is 10.1 Å². The lowest BCUT2D eigenvalue weighted by atomic mass is 10.2. The van der Waals surface area contributed by atoms with Gasteiger partial charge in [0.05, 0.1) is 4.92 Å². The molecule has 1 saturated heterocycles. The molecule has 0 unspecified atom stereocenters. The van der Waals surface area contributed by atoms with E-state index in [1.54, 1.807) is 0 Å². The number of anilines is 2. The standard InChI is InChI=1S/C16H17N5O4/c22-21(23)14-15(18-9-19-16(14)20-5-1-2-6-20)17-8-11-3-4-12-13(7-11)25-10-24-12/h3-4,7,9H,1-2,5-6,8,10H2,(H,17,18,19). The molecule has 4 rings (SSSR count). The molecule has 9 heteroatoms. The van der Waals surface area contributed by atoms with Crippen LogP contribution in [0.1, 0.15) is 18.4 Å². The molecular formula is C16H17N5O4. The average Bonchev–Trinajstić information content (AvgIpc) is 3.30. The molecule has 3 heterocycles. The molecule has 0 aliphatic carbocycles. The minimum absolute atomic E-state index is 0.0786. The van der Waals surface area contributed by atoms with Crippen LogP contribution in [0, 0.1) is 10.1 Å². The monoisotopic (exact) mass is 343 g/mol. The van der Waals surface area contributed by atoms with Gasteiger partial charge in [-0.3, -0.25) is 10.1 Å². The van der Waals surface area contributed by atoms with Crippen LogP contribution in [0.2, 0.25) is 0 Å². The smallest absolute Gasteiger partial charge is 0.353 e. The predicted octanol–water partition coefficient (Wildman–Crippen LogP) is 2.33. The number of ether oxygens (including phenoxy) is 2. The Morgan fingerprint density at radius 2 is 2.00 bits per heavy atom. The van der Waals surface area contributed by atoms with Crippen LogP contribution >= 0.6 is 0 Å². The van der Waals surface area contributed by atoms with Gasteiger partial charge in [0.2, 0.25) is 18.4 Å². The summed E-state index contributed by atoms with van der Waals surface area (Å²) in [5.41, 5.74) is 0.838. The minimum Gasteiger partial charge on any atom is -0.454 e. The summed E-state index contributed by atoms with van der Waals surface area (Å²) in [4.78, 5) is 21.3. The van der Waals surface area contributed by atoms with Crippen LogP contribution in [0.15, 0.2) is 24.5 Å². The number of fused-ring (bicyclic) bond motifs is 1. The number of hydrogen-bond donors (Lipinski definition) is 1. The highest BCUT2D eigenvalue weighted by molar-refractivity contribution is 5.70. The number of nitrogens with zero attached hydrogens (tertiary/aromatic N) is 4. The van der Waals surface area contributed by atoms with Crippen molar-refractivity contribution in [2.45, 2.75) is 19.4 Å². The van der Waals surface area contributed by atoms with Crippen LogP contribution in [-0.4, -0.2) is 34.8 Å². The van der Waals surface area contributed by atoms with Gasteiger partial charge in [0.15, 0.2) is 11.5 Å². The van der Waals surface area contributed by atoms with Crippen molar-refractivity contribution in [2.24, 2.45) is 0 Å². The van der Waals surface area contributed by atoms with E-state index in [-0.39, 0.29) is 18.3 Å². The summed E-state index contributed by atoms with van der Waals surface area (Å²) in [6.07, 6.45) is 3.39. The first-order valence-electron chi connectivity index (χ1n) is 8.09. The number of rotatable bonds is 5. The second-order valence-corrected chi connectivity index (χ2v) is 5.89. The quantitative estimate of drug-likeness (QED) is 0.652. The molecule has 0 bridgehead atoms. The Morgan fingerprint density at radius 1 is 1.20 bits per heavy atom. The Hall–Kier alpha value is -3.10. The van der Waals surface area contributed by atoms with E-state index in [4.69, 9.17) is 9.47 Å². The summed E-state index contributed by atoms with van der Waals surface area (Å²) in [6.45, 7) is 2.15. The summed E-state index contributed by atoms with van der Waals surface area (Å²) in [5.74, 6) is 1.98. The Morgan fingerprint density at radius 3 is 2.80 bits per heavy atom. The molecule has 1 aromatic heterocycles. The normalized spacial score (nSPS) is 15.4. The van der Waals surface area contributed by atoms with Crippen LogP contribution in [0.4, 0.5) is 17.3 Å². The van der Waals surface area contributed by atoms with Crippen molar-refractivity contribution in [3.05, 3.63) is 40.2 Å². The van der Waals surface area contributed by atoms with Gasteiger partial charge in [-0.25, -0.2) is 9.97 Å².